The van der Waals surface area contributed by atoms with Crippen LogP contribution in [-0.2, 0) is 10.0 Å². The maximum Gasteiger partial charge on any atom is 0.224 e. The Kier molecular flexibility index (Phi) is 9.54. The Hall–Kier alpha value is -2.87. The Labute approximate surface area is 210 Å². The van der Waals surface area contributed by atoms with E-state index in [1.807, 2.05) is 6.92 Å². The summed E-state index contributed by atoms with van der Waals surface area (Å²) in [7, 11) is -1.98. The first kappa shape index (κ1) is 27.7. The standard InChI is InChI=1S/C23H33FN6O5S/c1-15(14-31)26-8-3-11-36(33,34)30-9-6-17(7-10-30)28-23-27-13-19(22(25)29-23)21(32)18-12-16(24)4-5-20(18)35-2/h4-5,12-13,15,17,26,31H,3,6-11,14H2,1-2H3,(H3,25,27,28,29)/t15-/m0/s1. The lowest BCUT2D eigenvalue weighted by molar-refractivity contribution is 0.103. The van der Waals surface area contributed by atoms with Gasteiger partial charge in [-0.05, 0) is 50.9 Å². The second-order valence-corrected chi connectivity index (χ2v) is 10.8. The number of nitrogen functional groups attached to an aromatic ring is 1. The fourth-order valence-electron chi connectivity index (χ4n) is 3.90. The number of piperidine rings is 1. The van der Waals surface area contributed by atoms with Gasteiger partial charge in [0.2, 0.25) is 21.8 Å². The summed E-state index contributed by atoms with van der Waals surface area (Å²) in [6.45, 7) is 3.08. The van der Waals surface area contributed by atoms with E-state index in [4.69, 9.17) is 15.6 Å². The quantitative estimate of drug-likeness (QED) is 0.233. The number of aliphatic hydroxyl groups excluding tert-OH is 1. The summed E-state index contributed by atoms with van der Waals surface area (Å²) in [5.74, 6) is -0.732. The predicted molar refractivity (Wildman–Crippen MR) is 134 cm³/mol. The lowest BCUT2D eigenvalue weighted by atomic mass is 10.0. The number of nitrogens with one attached hydrogen (secondary N) is 2. The van der Waals surface area contributed by atoms with Crippen molar-refractivity contribution >= 4 is 27.6 Å². The molecule has 1 aromatic carbocycles. The molecule has 2 heterocycles. The van der Waals surface area contributed by atoms with Crippen LogP contribution >= 0.6 is 0 Å². The zero-order chi connectivity index (χ0) is 26.3. The number of anilines is 2. The maximum absolute atomic E-state index is 13.7. The van der Waals surface area contributed by atoms with Crippen molar-refractivity contribution in [3.63, 3.8) is 0 Å². The first-order valence-corrected chi connectivity index (χ1v) is 13.3. The molecule has 1 atom stereocenters. The first-order valence-electron chi connectivity index (χ1n) is 11.7. The summed E-state index contributed by atoms with van der Waals surface area (Å²) >= 11 is 0. The maximum atomic E-state index is 13.7. The van der Waals surface area contributed by atoms with Gasteiger partial charge >= 0.3 is 0 Å². The molecule has 0 radical (unpaired) electrons. The van der Waals surface area contributed by atoms with E-state index in [-0.39, 0.29) is 53.1 Å². The molecule has 1 fully saturated rings. The molecule has 0 bridgehead atoms. The van der Waals surface area contributed by atoms with Gasteiger partial charge in [-0.1, -0.05) is 0 Å². The summed E-state index contributed by atoms with van der Waals surface area (Å²) in [6, 6.07) is 3.49. The minimum absolute atomic E-state index is 0.00339. The van der Waals surface area contributed by atoms with E-state index < -0.39 is 21.6 Å². The Morgan fingerprint density at radius 3 is 2.69 bits per heavy atom. The van der Waals surface area contributed by atoms with Gasteiger partial charge < -0.3 is 26.2 Å². The normalized spacial score (nSPS) is 16.0. The smallest absolute Gasteiger partial charge is 0.224 e. The van der Waals surface area contributed by atoms with Gasteiger partial charge in [0, 0.05) is 31.4 Å². The number of sulfonamides is 1. The molecule has 11 nitrogen and oxygen atoms in total. The summed E-state index contributed by atoms with van der Waals surface area (Å²) in [5.41, 5.74) is 6.04. The molecule has 0 spiro atoms. The fourth-order valence-corrected chi connectivity index (χ4v) is 5.43. The van der Waals surface area contributed by atoms with E-state index in [2.05, 4.69) is 20.6 Å². The van der Waals surface area contributed by atoms with Gasteiger partial charge in [0.15, 0.2) is 0 Å². The van der Waals surface area contributed by atoms with E-state index in [1.54, 1.807) is 0 Å². The molecule has 0 unspecified atom stereocenters. The van der Waals surface area contributed by atoms with Crippen LogP contribution in [0.25, 0.3) is 0 Å². The van der Waals surface area contributed by atoms with E-state index in [0.717, 1.165) is 6.07 Å². The van der Waals surface area contributed by atoms with E-state index >= 15 is 0 Å². The monoisotopic (exact) mass is 524 g/mol. The molecule has 198 valence electrons. The predicted octanol–water partition coefficient (Wildman–Crippen LogP) is 1.00. The average molecular weight is 525 g/mol. The van der Waals surface area contributed by atoms with Crippen molar-refractivity contribution in [2.45, 2.75) is 38.3 Å². The fraction of sp³-hybridized carbons (Fsp3) is 0.522. The Balaban J connectivity index is 1.55. The van der Waals surface area contributed by atoms with E-state index in [9.17, 15) is 17.6 Å². The zero-order valence-electron chi connectivity index (χ0n) is 20.4. The molecule has 1 saturated heterocycles. The van der Waals surface area contributed by atoms with Gasteiger partial charge in [-0.15, -0.1) is 0 Å². The molecule has 1 aliphatic rings. The number of rotatable bonds is 12. The lowest BCUT2D eigenvalue weighted by Gasteiger charge is -2.31. The number of ether oxygens (including phenoxy) is 1. The summed E-state index contributed by atoms with van der Waals surface area (Å²) in [5, 5.41) is 15.2. The number of carbonyl (C=O) groups excluding carboxylic acids is 1. The first-order chi connectivity index (χ1) is 17.1. The number of ketones is 1. The van der Waals surface area contributed by atoms with E-state index in [1.165, 1.54) is 29.7 Å². The van der Waals surface area contributed by atoms with Crippen LogP contribution in [0, 0.1) is 5.82 Å². The Morgan fingerprint density at radius 1 is 1.33 bits per heavy atom. The van der Waals surface area contributed by atoms with Crippen molar-refractivity contribution < 1.29 is 27.4 Å². The van der Waals surface area contributed by atoms with Crippen molar-refractivity contribution in [1.29, 1.82) is 0 Å². The minimum atomic E-state index is -3.36. The number of nitrogens with two attached hydrogens (primary N) is 1. The van der Waals surface area contributed by atoms with Crippen LogP contribution in [0.3, 0.4) is 0 Å². The summed E-state index contributed by atoms with van der Waals surface area (Å²) < 4.78 is 45.5. The van der Waals surface area contributed by atoms with Gasteiger partial charge in [-0.3, -0.25) is 4.79 Å². The van der Waals surface area contributed by atoms with Crippen LogP contribution in [0.15, 0.2) is 24.4 Å². The van der Waals surface area contributed by atoms with E-state index in [0.29, 0.717) is 38.9 Å². The highest BCUT2D eigenvalue weighted by Crippen LogP contribution is 2.25. The van der Waals surface area contributed by atoms with Crippen LogP contribution in [0.4, 0.5) is 16.2 Å². The molecule has 13 heteroatoms. The third-order valence-corrected chi connectivity index (χ3v) is 7.95. The van der Waals surface area contributed by atoms with Crippen LogP contribution in [-0.4, -0.2) is 84.8 Å². The summed E-state index contributed by atoms with van der Waals surface area (Å²) in [6.07, 6.45) is 2.86. The third kappa shape index (κ3) is 7.09. The number of nitrogens with zero attached hydrogens (tertiary/aromatic N) is 3. The van der Waals surface area contributed by atoms with Crippen molar-refractivity contribution in [2.24, 2.45) is 0 Å². The molecule has 1 aliphatic heterocycles. The number of aliphatic hydroxyl groups is 1. The van der Waals surface area contributed by atoms with Crippen molar-refractivity contribution in [1.82, 2.24) is 19.6 Å². The van der Waals surface area contributed by atoms with Gasteiger partial charge in [0.1, 0.15) is 17.4 Å². The SMILES string of the molecule is COc1ccc(F)cc1C(=O)c1cnc(NC2CCN(S(=O)(=O)CCCN[C@@H](C)CO)CC2)nc1N. The number of hydrogen-bond acceptors (Lipinski definition) is 10. The Morgan fingerprint density at radius 2 is 2.06 bits per heavy atom. The van der Waals surface area contributed by atoms with Crippen molar-refractivity contribution in [3.8, 4) is 5.75 Å². The molecule has 0 saturated carbocycles. The number of hydrogen-bond donors (Lipinski definition) is 4. The van der Waals surface area contributed by atoms with Crippen LogP contribution in [0.5, 0.6) is 5.75 Å². The van der Waals surface area contributed by atoms with Crippen molar-refractivity contribution in [2.75, 3.05) is 50.2 Å². The molecule has 3 rings (SSSR count). The van der Waals surface area contributed by atoms with Gasteiger partial charge in [-0.2, -0.15) is 4.98 Å². The number of carbonyl (C=O) groups is 1. The molecule has 0 aliphatic carbocycles. The second kappa shape index (κ2) is 12.4. The molecular weight excluding hydrogens is 491 g/mol. The molecule has 0 amide bonds. The summed E-state index contributed by atoms with van der Waals surface area (Å²) in [4.78, 5) is 21.2. The number of aromatic nitrogens is 2. The van der Waals surface area contributed by atoms with Gasteiger partial charge in [0.05, 0.1) is 30.6 Å². The molecule has 1 aromatic heterocycles. The topological polar surface area (TPSA) is 160 Å². The zero-order valence-corrected chi connectivity index (χ0v) is 21.2. The van der Waals surface area contributed by atoms with Crippen LogP contribution < -0.4 is 21.1 Å². The van der Waals surface area contributed by atoms with Crippen LogP contribution in [0.2, 0.25) is 0 Å². The second-order valence-electron chi connectivity index (χ2n) is 8.69. The van der Waals surface area contributed by atoms with Gasteiger partial charge in [0.25, 0.3) is 0 Å². The van der Waals surface area contributed by atoms with Gasteiger partial charge in [-0.25, -0.2) is 22.1 Å². The highest BCUT2D eigenvalue weighted by Gasteiger charge is 2.28. The lowest BCUT2D eigenvalue weighted by Crippen LogP contribution is -2.43. The molecule has 2 aromatic rings. The average Bonchev–Trinajstić information content (AvgIpc) is 2.86. The molecular formula is C23H33FN6O5S. The highest BCUT2D eigenvalue weighted by atomic mass is 32.2. The minimum Gasteiger partial charge on any atom is -0.496 e. The van der Waals surface area contributed by atoms with Crippen LogP contribution in [0.1, 0.15) is 42.1 Å². The Bertz CT molecular complexity index is 1160. The highest BCUT2D eigenvalue weighted by molar-refractivity contribution is 7.89. The molecule has 36 heavy (non-hydrogen) atoms. The number of benzene rings is 1. The molecule has 5 N–H and O–H groups in total. The third-order valence-electron chi connectivity index (χ3n) is 6.00. The number of halogens is 1. The largest absolute Gasteiger partial charge is 0.496 e. The number of methoxy groups -OCH3 is 1. The van der Waals surface area contributed by atoms with Crippen molar-refractivity contribution in [3.05, 3.63) is 41.3 Å².